The fraction of sp³-hybridized carbons (Fsp3) is 0.483. The van der Waals surface area contributed by atoms with E-state index in [0.29, 0.717) is 18.9 Å². The summed E-state index contributed by atoms with van der Waals surface area (Å²) in [7, 11) is 2.01. The van der Waals surface area contributed by atoms with Crippen LogP contribution in [0.25, 0.3) is 21.9 Å². The zero-order valence-electron chi connectivity index (χ0n) is 21.7. The van der Waals surface area contributed by atoms with Crippen LogP contribution in [0.3, 0.4) is 0 Å². The van der Waals surface area contributed by atoms with Gasteiger partial charge in [-0.15, -0.1) is 6.58 Å². The van der Waals surface area contributed by atoms with Crippen molar-refractivity contribution >= 4 is 22.5 Å². The Bertz CT molecular complexity index is 1240. The lowest BCUT2D eigenvalue weighted by atomic mass is 9.92. The van der Waals surface area contributed by atoms with Gasteiger partial charge in [0.1, 0.15) is 12.0 Å². The lowest BCUT2D eigenvalue weighted by Gasteiger charge is -2.32. The molecular weight excluding hydrogens is 467 g/mol. The Morgan fingerprint density at radius 3 is 2.65 bits per heavy atom. The summed E-state index contributed by atoms with van der Waals surface area (Å²) in [6.07, 6.45) is 9.50. The van der Waals surface area contributed by atoms with E-state index >= 15 is 0 Å². The minimum absolute atomic E-state index is 0.00773. The van der Waals surface area contributed by atoms with Gasteiger partial charge in [-0.05, 0) is 80.9 Å². The number of nitrogens with zero attached hydrogens (tertiary/aromatic N) is 5. The predicted octanol–water partition coefficient (Wildman–Crippen LogP) is 4.80. The lowest BCUT2D eigenvalue weighted by Crippen LogP contribution is -2.40. The first kappa shape index (κ1) is 25.5. The van der Waals surface area contributed by atoms with Gasteiger partial charge >= 0.3 is 0 Å². The van der Waals surface area contributed by atoms with E-state index < -0.39 is 6.17 Å². The normalized spacial score (nSPS) is 18.6. The van der Waals surface area contributed by atoms with Gasteiger partial charge in [-0.3, -0.25) is 19.3 Å². The molecule has 1 amide bonds. The second-order valence-corrected chi connectivity index (χ2v) is 10.4. The maximum absolute atomic E-state index is 13.9. The molecule has 0 spiro atoms. The van der Waals surface area contributed by atoms with Crippen LogP contribution in [0.15, 0.2) is 49.3 Å². The minimum atomic E-state index is -0.963. The Kier molecular flexibility index (Phi) is 7.96. The molecule has 1 unspecified atom stereocenters. The number of nitrogens with one attached hydrogen (secondary N) is 1. The van der Waals surface area contributed by atoms with E-state index in [1.54, 1.807) is 6.20 Å². The van der Waals surface area contributed by atoms with Gasteiger partial charge in [-0.1, -0.05) is 24.6 Å². The molecule has 5 rings (SSSR count). The van der Waals surface area contributed by atoms with Gasteiger partial charge in [-0.2, -0.15) is 5.10 Å². The molecule has 4 heterocycles. The number of hydrogen-bond acceptors (Lipinski definition) is 5. The summed E-state index contributed by atoms with van der Waals surface area (Å²) in [6.45, 7) is 8.45. The van der Waals surface area contributed by atoms with Crippen LogP contribution in [0.2, 0.25) is 0 Å². The number of aromatic nitrogens is 3. The summed E-state index contributed by atoms with van der Waals surface area (Å²) in [6, 6.07) is 8.28. The number of amides is 1. The first-order valence-electron chi connectivity index (χ1n) is 13.4. The highest BCUT2D eigenvalue weighted by molar-refractivity contribution is 5.95. The summed E-state index contributed by atoms with van der Waals surface area (Å²) in [5.74, 6) is 0.450. The Morgan fingerprint density at radius 1 is 1.11 bits per heavy atom. The van der Waals surface area contributed by atoms with Crippen molar-refractivity contribution in [3.63, 3.8) is 0 Å². The van der Waals surface area contributed by atoms with E-state index in [4.69, 9.17) is 0 Å². The largest absolute Gasteiger partial charge is 0.310 e. The number of pyridine rings is 1. The summed E-state index contributed by atoms with van der Waals surface area (Å²) in [5.41, 5.74) is 3.48. The number of rotatable bonds is 8. The molecule has 1 N–H and O–H groups in total. The molecule has 0 saturated carbocycles. The number of carbonyl (C=O) groups excluding carboxylic acids is 1. The molecule has 2 aromatic heterocycles. The number of anilines is 1. The number of piperidine rings is 2. The predicted molar refractivity (Wildman–Crippen MR) is 146 cm³/mol. The number of benzene rings is 1. The molecule has 2 aliphatic heterocycles. The van der Waals surface area contributed by atoms with Crippen molar-refractivity contribution in [2.24, 2.45) is 13.0 Å². The summed E-state index contributed by atoms with van der Waals surface area (Å²) in [4.78, 5) is 21.8. The number of likely N-dealkylation sites (tertiary alicyclic amines) is 2. The van der Waals surface area contributed by atoms with Crippen LogP contribution in [0, 0.1) is 5.92 Å². The summed E-state index contributed by atoms with van der Waals surface area (Å²) < 4.78 is 15.8. The van der Waals surface area contributed by atoms with Crippen molar-refractivity contribution in [1.29, 1.82) is 0 Å². The van der Waals surface area contributed by atoms with Gasteiger partial charge in [-0.25, -0.2) is 9.37 Å². The number of halogens is 1. The van der Waals surface area contributed by atoms with Crippen LogP contribution in [0.5, 0.6) is 0 Å². The molecule has 7 nitrogen and oxygen atoms in total. The Balaban J connectivity index is 1.26. The fourth-order valence-electron chi connectivity index (χ4n) is 5.61. The van der Waals surface area contributed by atoms with E-state index in [-0.39, 0.29) is 18.4 Å². The SMILES string of the molecule is C=CC(F)C1CCN(CC(=O)Nc2cc3cc(-c4cnn(C)c4CN4CCCCC4)ccc3cn2)CC1. The zero-order valence-corrected chi connectivity index (χ0v) is 21.7. The average molecular weight is 505 g/mol. The molecule has 1 atom stereocenters. The van der Waals surface area contributed by atoms with Crippen LogP contribution in [-0.2, 0) is 18.4 Å². The number of aryl methyl sites for hydroxylation is 1. The van der Waals surface area contributed by atoms with Crippen molar-refractivity contribution in [2.45, 2.75) is 44.8 Å². The van der Waals surface area contributed by atoms with Crippen LogP contribution in [0.4, 0.5) is 10.2 Å². The van der Waals surface area contributed by atoms with Gasteiger partial charge in [0.2, 0.25) is 5.91 Å². The van der Waals surface area contributed by atoms with Crippen LogP contribution in [0.1, 0.15) is 37.8 Å². The molecule has 0 radical (unpaired) electrons. The average Bonchev–Trinajstić information content (AvgIpc) is 3.28. The summed E-state index contributed by atoms with van der Waals surface area (Å²) >= 11 is 0. The number of fused-ring (bicyclic) bond motifs is 1. The van der Waals surface area contributed by atoms with E-state index in [9.17, 15) is 9.18 Å². The van der Waals surface area contributed by atoms with Crippen LogP contribution in [-0.4, -0.2) is 69.4 Å². The minimum Gasteiger partial charge on any atom is -0.310 e. The smallest absolute Gasteiger partial charge is 0.239 e. The molecule has 2 fully saturated rings. The highest BCUT2D eigenvalue weighted by atomic mass is 19.1. The van der Waals surface area contributed by atoms with Crippen molar-refractivity contribution in [3.8, 4) is 11.1 Å². The van der Waals surface area contributed by atoms with Gasteiger partial charge in [0.15, 0.2) is 0 Å². The third kappa shape index (κ3) is 6.08. The Labute approximate surface area is 218 Å². The quantitative estimate of drug-likeness (QED) is 0.447. The number of hydrogen-bond donors (Lipinski definition) is 1. The van der Waals surface area contributed by atoms with Crippen molar-refractivity contribution in [2.75, 3.05) is 38.0 Å². The maximum Gasteiger partial charge on any atom is 0.239 e. The van der Waals surface area contributed by atoms with E-state index in [0.717, 1.165) is 54.4 Å². The molecule has 0 aliphatic carbocycles. The van der Waals surface area contributed by atoms with Gasteiger partial charge in [0.05, 0.1) is 18.4 Å². The molecule has 2 saturated heterocycles. The van der Waals surface area contributed by atoms with Crippen molar-refractivity contribution < 1.29 is 9.18 Å². The fourth-order valence-corrected chi connectivity index (χ4v) is 5.61. The van der Waals surface area contributed by atoms with Crippen molar-refractivity contribution in [1.82, 2.24) is 24.6 Å². The zero-order chi connectivity index (χ0) is 25.8. The lowest BCUT2D eigenvalue weighted by molar-refractivity contribution is -0.117. The first-order valence-corrected chi connectivity index (χ1v) is 13.4. The van der Waals surface area contributed by atoms with Gasteiger partial charge in [0.25, 0.3) is 0 Å². The number of allylic oxidation sites excluding steroid dienone is 1. The van der Waals surface area contributed by atoms with E-state index in [1.165, 1.54) is 31.0 Å². The second-order valence-electron chi connectivity index (χ2n) is 10.4. The monoisotopic (exact) mass is 504 g/mol. The third-order valence-electron chi connectivity index (χ3n) is 7.86. The molecule has 0 bridgehead atoms. The maximum atomic E-state index is 13.9. The molecule has 3 aromatic rings. The summed E-state index contributed by atoms with van der Waals surface area (Å²) in [5, 5.41) is 9.56. The van der Waals surface area contributed by atoms with Gasteiger partial charge < -0.3 is 5.32 Å². The molecule has 196 valence electrons. The molecule has 2 aliphatic rings. The van der Waals surface area contributed by atoms with Crippen LogP contribution >= 0.6 is 0 Å². The number of carbonyl (C=O) groups is 1. The van der Waals surface area contributed by atoms with E-state index in [1.807, 2.05) is 24.0 Å². The molecule has 8 heteroatoms. The number of alkyl halides is 1. The molecule has 37 heavy (non-hydrogen) atoms. The standard InChI is InChI=1S/C29H37FN6O/c1-3-26(30)21-9-13-36(14-10-21)20-29(37)33-28-16-24-15-22(7-8-23(24)17-31-28)25-18-32-34(2)27(25)19-35-11-5-4-6-12-35/h3,7-8,15-18,21,26H,1,4-6,9-14,19-20H2,2H3,(H,31,33,37). The third-order valence-corrected chi connectivity index (χ3v) is 7.86. The van der Waals surface area contributed by atoms with Crippen LogP contribution < -0.4 is 5.32 Å². The molecular formula is C29H37FN6O. The first-order chi connectivity index (χ1) is 18.0. The second kappa shape index (κ2) is 11.5. The van der Waals surface area contributed by atoms with E-state index in [2.05, 4.69) is 50.0 Å². The Morgan fingerprint density at radius 2 is 1.89 bits per heavy atom. The topological polar surface area (TPSA) is 66.3 Å². The van der Waals surface area contributed by atoms with Gasteiger partial charge in [0, 0.05) is 30.7 Å². The highest BCUT2D eigenvalue weighted by Gasteiger charge is 2.25. The Hall–Kier alpha value is -3.10. The molecule has 1 aromatic carbocycles. The van der Waals surface area contributed by atoms with Crippen molar-refractivity contribution in [3.05, 3.63) is 55.0 Å². The highest BCUT2D eigenvalue weighted by Crippen LogP contribution is 2.29.